The Morgan fingerprint density at radius 2 is 1.84 bits per heavy atom. The summed E-state index contributed by atoms with van der Waals surface area (Å²) in [6, 6.07) is 19.1. The second kappa shape index (κ2) is 8.15. The molecule has 6 heteroatoms. The van der Waals surface area contributed by atoms with Crippen molar-refractivity contribution in [2.24, 2.45) is 5.41 Å². The van der Waals surface area contributed by atoms with E-state index in [9.17, 15) is 14.3 Å². The van der Waals surface area contributed by atoms with E-state index in [0.717, 1.165) is 35.7 Å². The second-order valence-corrected chi connectivity index (χ2v) is 8.97. The number of nitrogens with zero attached hydrogens (tertiary/aromatic N) is 2. The normalized spacial score (nSPS) is 15.0. The zero-order valence-corrected chi connectivity index (χ0v) is 18.1. The van der Waals surface area contributed by atoms with Crippen LogP contribution in [0.1, 0.15) is 36.0 Å². The summed E-state index contributed by atoms with van der Waals surface area (Å²) in [5.74, 6) is -0.325. The Morgan fingerprint density at radius 3 is 2.50 bits per heavy atom. The molecule has 0 unspecified atom stereocenters. The predicted octanol–water partition coefficient (Wildman–Crippen LogP) is 6.22. The van der Waals surface area contributed by atoms with Gasteiger partial charge in [-0.2, -0.15) is 5.10 Å². The summed E-state index contributed by atoms with van der Waals surface area (Å²) in [6.07, 6.45) is 3.13. The molecule has 0 bridgehead atoms. The molecule has 1 N–H and O–H groups in total. The molecule has 0 amide bonds. The van der Waals surface area contributed by atoms with E-state index >= 15 is 0 Å². The number of hydrogen-bond donors (Lipinski definition) is 1. The van der Waals surface area contributed by atoms with Gasteiger partial charge in [0.15, 0.2) is 5.78 Å². The van der Waals surface area contributed by atoms with Gasteiger partial charge < -0.3 is 5.11 Å². The van der Waals surface area contributed by atoms with Gasteiger partial charge in [0.2, 0.25) is 0 Å². The fraction of sp³-hybridized carbons (Fsp3) is 0.231. The largest absolute Gasteiger partial charge is 0.396 e. The maximum Gasteiger partial charge on any atom is 0.163 e. The molecule has 4 aromatic rings. The summed E-state index contributed by atoms with van der Waals surface area (Å²) in [6.45, 7) is 0.0329. The molecule has 1 saturated carbocycles. The minimum absolute atomic E-state index is 0.00630. The zero-order valence-electron chi connectivity index (χ0n) is 17.4. The van der Waals surface area contributed by atoms with Crippen LogP contribution in [0.15, 0.2) is 66.7 Å². The van der Waals surface area contributed by atoms with Gasteiger partial charge in [-0.15, -0.1) is 0 Å². The number of fused-ring (bicyclic) bond motifs is 1. The molecule has 4 nitrogen and oxygen atoms in total. The third-order valence-corrected chi connectivity index (χ3v) is 6.82. The number of rotatable bonds is 6. The van der Waals surface area contributed by atoms with Crippen LogP contribution in [0.3, 0.4) is 0 Å². The third-order valence-electron chi connectivity index (χ3n) is 6.49. The van der Waals surface area contributed by atoms with Crippen molar-refractivity contribution >= 4 is 28.3 Å². The quantitative estimate of drug-likeness (QED) is 0.356. The van der Waals surface area contributed by atoms with Crippen molar-refractivity contribution < 1.29 is 14.3 Å². The molecule has 1 aromatic heterocycles. The van der Waals surface area contributed by atoms with Crippen molar-refractivity contribution in [1.82, 2.24) is 9.78 Å². The molecule has 1 aliphatic carbocycles. The molecule has 0 radical (unpaired) electrons. The van der Waals surface area contributed by atoms with Gasteiger partial charge in [0.25, 0.3) is 0 Å². The molecule has 32 heavy (non-hydrogen) atoms. The van der Waals surface area contributed by atoms with E-state index in [4.69, 9.17) is 16.7 Å². The summed E-state index contributed by atoms with van der Waals surface area (Å²) < 4.78 is 15.2. The van der Waals surface area contributed by atoms with Crippen LogP contribution in [0.5, 0.6) is 0 Å². The molecule has 5 rings (SSSR count). The van der Waals surface area contributed by atoms with Crippen LogP contribution in [0.2, 0.25) is 5.02 Å². The van der Waals surface area contributed by atoms with Crippen LogP contribution in [0.25, 0.3) is 27.8 Å². The van der Waals surface area contributed by atoms with Crippen LogP contribution < -0.4 is 0 Å². The Morgan fingerprint density at radius 1 is 1.09 bits per heavy atom. The molecule has 0 aliphatic heterocycles. The second-order valence-electron chi connectivity index (χ2n) is 8.56. The van der Waals surface area contributed by atoms with Crippen LogP contribution >= 0.6 is 11.6 Å². The predicted molar refractivity (Wildman–Crippen MR) is 124 cm³/mol. The summed E-state index contributed by atoms with van der Waals surface area (Å²) >= 11 is 6.45. The third kappa shape index (κ3) is 3.61. The summed E-state index contributed by atoms with van der Waals surface area (Å²) in [5.41, 5.74) is 3.19. The molecule has 3 aromatic carbocycles. The number of halogens is 2. The molecule has 0 spiro atoms. The number of hydrogen-bond acceptors (Lipinski definition) is 3. The smallest absolute Gasteiger partial charge is 0.163 e. The molecule has 1 heterocycles. The first kappa shape index (κ1) is 20.9. The number of aliphatic hydroxyl groups is 1. The molecular weight excluding hydrogens is 427 g/mol. The maximum absolute atomic E-state index is 13.5. The average Bonchev–Trinajstić information content (AvgIpc) is 3.15. The summed E-state index contributed by atoms with van der Waals surface area (Å²) in [5, 5.41) is 16.0. The lowest BCUT2D eigenvalue weighted by Crippen LogP contribution is -2.35. The lowest BCUT2D eigenvalue weighted by molar-refractivity contribution is 0.0340. The Balaban J connectivity index is 1.65. The van der Waals surface area contributed by atoms with E-state index < -0.39 is 0 Å². The lowest BCUT2D eigenvalue weighted by atomic mass is 9.66. The Labute approximate surface area is 190 Å². The number of Topliss-reactive ketones (excluding diaryl/α,β-unsaturated/α-hetero) is 1. The van der Waals surface area contributed by atoms with Gasteiger partial charge in [-0.3, -0.25) is 4.79 Å². The van der Waals surface area contributed by atoms with Crippen molar-refractivity contribution in [2.45, 2.75) is 25.7 Å². The number of aliphatic hydroxyl groups excluding tert-OH is 1. The first-order valence-electron chi connectivity index (χ1n) is 10.7. The van der Waals surface area contributed by atoms with Crippen molar-refractivity contribution in [1.29, 1.82) is 0 Å². The summed E-state index contributed by atoms with van der Waals surface area (Å²) in [7, 11) is 0. The lowest BCUT2D eigenvalue weighted by Gasteiger charge is -2.39. The fourth-order valence-electron chi connectivity index (χ4n) is 4.43. The van der Waals surface area contributed by atoms with Gasteiger partial charge in [0.05, 0.1) is 16.2 Å². The van der Waals surface area contributed by atoms with E-state index in [-0.39, 0.29) is 23.6 Å². The van der Waals surface area contributed by atoms with Gasteiger partial charge in [-0.25, -0.2) is 9.07 Å². The molecule has 1 aliphatic rings. The molecule has 162 valence electrons. The SMILES string of the molecule is O=C(CC1(CO)CCC1)c1ccc2c(-c3ccccc3Cl)nn(-c3ccc(F)cc3)c2c1. The minimum Gasteiger partial charge on any atom is -0.396 e. The van der Waals surface area contributed by atoms with Crippen molar-refractivity contribution in [3.8, 4) is 16.9 Å². The zero-order chi connectivity index (χ0) is 22.3. The number of benzene rings is 3. The van der Waals surface area contributed by atoms with Crippen molar-refractivity contribution in [3.05, 3.63) is 83.1 Å². The van der Waals surface area contributed by atoms with Gasteiger partial charge in [0, 0.05) is 35.0 Å². The number of aromatic nitrogens is 2. The standard InChI is InChI=1S/C26H22ClFN2O2/c27-22-5-2-1-4-20(22)25-21-11-6-17(24(32)15-26(16-31)12-3-13-26)14-23(21)30(29-25)19-9-7-18(28)8-10-19/h1-2,4-11,14,31H,3,12-13,15-16H2. The Kier molecular flexibility index (Phi) is 5.31. The first-order chi connectivity index (χ1) is 15.5. The Bertz CT molecular complexity index is 1300. The highest BCUT2D eigenvalue weighted by molar-refractivity contribution is 6.33. The maximum atomic E-state index is 13.5. The average molecular weight is 449 g/mol. The number of carbonyl (C=O) groups excluding carboxylic acids is 1. The van der Waals surface area contributed by atoms with Crippen LogP contribution in [0, 0.1) is 11.2 Å². The van der Waals surface area contributed by atoms with E-state index in [2.05, 4.69) is 0 Å². The van der Waals surface area contributed by atoms with Crippen molar-refractivity contribution in [3.63, 3.8) is 0 Å². The van der Waals surface area contributed by atoms with Gasteiger partial charge >= 0.3 is 0 Å². The van der Waals surface area contributed by atoms with Crippen LogP contribution in [-0.4, -0.2) is 27.3 Å². The topological polar surface area (TPSA) is 55.1 Å². The molecule has 1 fully saturated rings. The monoisotopic (exact) mass is 448 g/mol. The van der Waals surface area contributed by atoms with Crippen molar-refractivity contribution in [2.75, 3.05) is 6.61 Å². The van der Waals surface area contributed by atoms with E-state index in [0.29, 0.717) is 28.4 Å². The first-order valence-corrected chi connectivity index (χ1v) is 11.1. The molecule has 0 atom stereocenters. The Hall–Kier alpha value is -3.02. The van der Waals surface area contributed by atoms with E-state index in [1.807, 2.05) is 42.5 Å². The molecule has 0 saturated heterocycles. The highest BCUT2D eigenvalue weighted by atomic mass is 35.5. The van der Waals surface area contributed by atoms with Gasteiger partial charge in [-0.1, -0.05) is 42.3 Å². The van der Waals surface area contributed by atoms with E-state index in [1.54, 1.807) is 16.8 Å². The van der Waals surface area contributed by atoms with Gasteiger partial charge in [0.1, 0.15) is 11.5 Å². The van der Waals surface area contributed by atoms with Crippen LogP contribution in [-0.2, 0) is 0 Å². The number of ketones is 1. The minimum atomic E-state index is -0.331. The number of carbonyl (C=O) groups is 1. The molecular formula is C26H22ClFN2O2. The highest BCUT2D eigenvalue weighted by Gasteiger charge is 2.38. The van der Waals surface area contributed by atoms with E-state index in [1.165, 1.54) is 12.1 Å². The summed E-state index contributed by atoms with van der Waals surface area (Å²) in [4.78, 5) is 13.1. The highest BCUT2D eigenvalue weighted by Crippen LogP contribution is 2.44. The van der Waals surface area contributed by atoms with Crippen LogP contribution in [0.4, 0.5) is 4.39 Å². The van der Waals surface area contributed by atoms with Gasteiger partial charge in [-0.05, 0) is 55.3 Å². The fourth-order valence-corrected chi connectivity index (χ4v) is 4.66.